The van der Waals surface area contributed by atoms with Gasteiger partial charge in [-0.25, -0.2) is 8.78 Å². The number of benzene rings is 1. The van der Waals surface area contributed by atoms with Gasteiger partial charge in [-0.05, 0) is 48.3 Å². The number of H-pyrrole nitrogens is 1. The summed E-state index contributed by atoms with van der Waals surface area (Å²) in [4.78, 5) is 2.91. The lowest BCUT2D eigenvalue weighted by atomic mass is 10.1. The Morgan fingerprint density at radius 3 is 2.76 bits per heavy atom. The van der Waals surface area contributed by atoms with E-state index in [2.05, 4.69) is 4.98 Å². The lowest BCUT2D eigenvalue weighted by Crippen LogP contribution is -2.06. The molecule has 0 saturated heterocycles. The van der Waals surface area contributed by atoms with Crippen LogP contribution in [0.4, 0.5) is 8.78 Å². The second kappa shape index (κ2) is 3.77. The molecule has 0 spiro atoms. The molecule has 5 heteroatoms. The molecule has 0 aliphatic heterocycles. The van der Waals surface area contributed by atoms with E-state index < -0.39 is 11.6 Å². The average molecular weight is 252 g/mol. The Bertz CT molecular complexity index is 630. The first-order valence-electron chi connectivity index (χ1n) is 5.40. The van der Waals surface area contributed by atoms with Gasteiger partial charge in [-0.15, -0.1) is 0 Å². The van der Waals surface area contributed by atoms with Crippen LogP contribution in [-0.4, -0.2) is 9.55 Å². The highest BCUT2D eigenvalue weighted by Crippen LogP contribution is 2.35. The lowest BCUT2D eigenvalue weighted by molar-refractivity contribution is 0.503. The van der Waals surface area contributed by atoms with Crippen LogP contribution in [0.2, 0.25) is 0 Å². The third-order valence-electron chi connectivity index (χ3n) is 3.24. The summed E-state index contributed by atoms with van der Waals surface area (Å²) < 4.78 is 28.9. The molecule has 1 atom stereocenters. The van der Waals surface area contributed by atoms with E-state index in [0.29, 0.717) is 4.77 Å². The molecule has 0 saturated carbocycles. The van der Waals surface area contributed by atoms with Gasteiger partial charge in [0.2, 0.25) is 0 Å². The highest BCUT2D eigenvalue weighted by Gasteiger charge is 2.26. The Labute approximate surface area is 102 Å². The zero-order valence-corrected chi connectivity index (χ0v) is 9.73. The Hall–Kier alpha value is -1.49. The van der Waals surface area contributed by atoms with E-state index in [1.807, 2.05) is 10.8 Å². The number of hydrogen-bond donors (Lipinski definition) is 1. The van der Waals surface area contributed by atoms with Gasteiger partial charge in [0.1, 0.15) is 0 Å². The molecular formula is C12H10F2N2S. The number of aromatic nitrogens is 2. The largest absolute Gasteiger partial charge is 0.337 e. The van der Waals surface area contributed by atoms with Crippen LogP contribution in [0.3, 0.4) is 0 Å². The molecule has 3 rings (SSSR count). The maximum atomic E-state index is 13.3. The van der Waals surface area contributed by atoms with Gasteiger partial charge in [0.05, 0.1) is 6.04 Å². The van der Waals surface area contributed by atoms with Crippen molar-refractivity contribution in [3.63, 3.8) is 0 Å². The van der Waals surface area contributed by atoms with E-state index in [9.17, 15) is 8.78 Å². The van der Waals surface area contributed by atoms with Crippen molar-refractivity contribution in [1.82, 2.24) is 9.55 Å². The lowest BCUT2D eigenvalue weighted by Gasteiger charge is -2.13. The van der Waals surface area contributed by atoms with Crippen LogP contribution in [0.25, 0.3) is 0 Å². The fraction of sp³-hybridized carbons (Fsp3) is 0.250. The first-order valence-corrected chi connectivity index (χ1v) is 5.81. The van der Waals surface area contributed by atoms with Crippen LogP contribution in [0.1, 0.15) is 23.6 Å². The van der Waals surface area contributed by atoms with Crippen molar-refractivity contribution in [1.29, 1.82) is 0 Å². The minimum absolute atomic E-state index is 0.0128. The van der Waals surface area contributed by atoms with Gasteiger partial charge in [0, 0.05) is 12.4 Å². The van der Waals surface area contributed by atoms with E-state index in [0.717, 1.165) is 24.0 Å². The highest BCUT2D eigenvalue weighted by atomic mass is 32.1. The smallest absolute Gasteiger partial charge is 0.177 e. The first kappa shape index (κ1) is 10.7. The Morgan fingerprint density at radius 2 is 2.06 bits per heavy atom. The maximum Gasteiger partial charge on any atom is 0.177 e. The van der Waals surface area contributed by atoms with Crippen molar-refractivity contribution < 1.29 is 8.78 Å². The van der Waals surface area contributed by atoms with E-state index >= 15 is 0 Å². The van der Waals surface area contributed by atoms with Gasteiger partial charge >= 0.3 is 0 Å². The number of nitrogens with zero attached hydrogens (tertiary/aromatic N) is 1. The normalized spacial score (nSPS) is 18.4. The Balaban J connectivity index is 2.13. The standard InChI is InChI=1S/C12H10F2N2S/c13-9-5-7-1-2-11(8(7)6-10(9)14)16-4-3-15-12(16)17/h3-6,11H,1-2H2,(H,15,17). The second-order valence-electron chi connectivity index (χ2n) is 4.19. The predicted molar refractivity (Wildman–Crippen MR) is 62.4 cm³/mol. The first-order chi connectivity index (χ1) is 8.16. The van der Waals surface area contributed by atoms with Gasteiger partial charge in [0.15, 0.2) is 16.4 Å². The summed E-state index contributed by atoms with van der Waals surface area (Å²) in [6.07, 6.45) is 5.16. The van der Waals surface area contributed by atoms with Gasteiger partial charge in [0.25, 0.3) is 0 Å². The number of hydrogen-bond acceptors (Lipinski definition) is 1. The zero-order valence-electron chi connectivity index (χ0n) is 8.91. The SMILES string of the molecule is Fc1cc2c(cc1F)C(n1cc[nH]c1=S)CC2. The molecule has 0 fully saturated rings. The van der Waals surface area contributed by atoms with Crippen LogP contribution in [0.5, 0.6) is 0 Å². The molecule has 1 unspecified atom stereocenters. The molecule has 1 aliphatic carbocycles. The number of aromatic amines is 1. The monoisotopic (exact) mass is 252 g/mol. The van der Waals surface area contributed by atoms with Gasteiger partial charge in [-0.1, -0.05) is 0 Å². The van der Waals surface area contributed by atoms with Crippen molar-refractivity contribution in [3.05, 3.63) is 52.1 Å². The van der Waals surface area contributed by atoms with Crippen LogP contribution in [0, 0.1) is 16.4 Å². The van der Waals surface area contributed by atoms with Crippen molar-refractivity contribution in [2.45, 2.75) is 18.9 Å². The molecule has 1 heterocycles. The molecule has 2 nitrogen and oxygen atoms in total. The number of nitrogens with one attached hydrogen (secondary N) is 1. The minimum atomic E-state index is -0.794. The van der Waals surface area contributed by atoms with Crippen LogP contribution in [-0.2, 0) is 6.42 Å². The topological polar surface area (TPSA) is 20.7 Å². The van der Waals surface area contributed by atoms with E-state index in [1.165, 1.54) is 12.1 Å². The molecule has 0 radical (unpaired) electrons. The maximum absolute atomic E-state index is 13.3. The predicted octanol–water partition coefficient (Wildman–Crippen LogP) is 3.36. The van der Waals surface area contributed by atoms with Crippen molar-refractivity contribution >= 4 is 12.2 Å². The van der Waals surface area contributed by atoms with E-state index in [4.69, 9.17) is 12.2 Å². The summed E-state index contributed by atoms with van der Waals surface area (Å²) in [6.45, 7) is 0. The minimum Gasteiger partial charge on any atom is -0.337 e. The Kier molecular flexibility index (Phi) is 2.36. The number of aryl methyl sites for hydroxylation is 1. The molecule has 17 heavy (non-hydrogen) atoms. The van der Waals surface area contributed by atoms with Crippen LogP contribution >= 0.6 is 12.2 Å². The average Bonchev–Trinajstić information content (AvgIpc) is 2.86. The van der Waals surface area contributed by atoms with Crippen molar-refractivity contribution in [2.75, 3.05) is 0 Å². The molecule has 88 valence electrons. The fourth-order valence-electron chi connectivity index (χ4n) is 2.44. The number of rotatable bonds is 1. The molecule has 1 aliphatic rings. The number of halogens is 2. The van der Waals surface area contributed by atoms with Gasteiger partial charge in [-0.2, -0.15) is 0 Å². The summed E-state index contributed by atoms with van der Waals surface area (Å²) >= 11 is 5.15. The summed E-state index contributed by atoms with van der Waals surface area (Å²) in [6, 6.07) is 2.59. The van der Waals surface area contributed by atoms with Crippen molar-refractivity contribution in [2.24, 2.45) is 0 Å². The fourth-order valence-corrected chi connectivity index (χ4v) is 2.70. The van der Waals surface area contributed by atoms with E-state index in [1.54, 1.807) is 6.20 Å². The van der Waals surface area contributed by atoms with Crippen LogP contribution in [0.15, 0.2) is 24.5 Å². The second-order valence-corrected chi connectivity index (χ2v) is 4.58. The molecule has 1 aromatic carbocycles. The Morgan fingerprint density at radius 1 is 1.29 bits per heavy atom. The number of fused-ring (bicyclic) bond motifs is 1. The molecule has 1 N–H and O–H groups in total. The summed E-state index contributed by atoms with van der Waals surface area (Å²) in [5.74, 6) is -1.57. The quantitative estimate of drug-likeness (QED) is 0.772. The summed E-state index contributed by atoms with van der Waals surface area (Å²) in [5.41, 5.74) is 1.71. The van der Waals surface area contributed by atoms with Crippen molar-refractivity contribution in [3.8, 4) is 0 Å². The molecule has 2 aromatic rings. The summed E-state index contributed by atoms with van der Waals surface area (Å²) in [5, 5.41) is 0. The van der Waals surface area contributed by atoms with Gasteiger partial charge < -0.3 is 9.55 Å². The third-order valence-corrected chi connectivity index (χ3v) is 3.57. The molecule has 0 bridgehead atoms. The third kappa shape index (κ3) is 1.61. The molecule has 0 amide bonds. The van der Waals surface area contributed by atoms with E-state index in [-0.39, 0.29) is 6.04 Å². The summed E-state index contributed by atoms with van der Waals surface area (Å²) in [7, 11) is 0. The van der Waals surface area contributed by atoms with Gasteiger partial charge in [-0.3, -0.25) is 0 Å². The number of imidazole rings is 1. The highest BCUT2D eigenvalue weighted by molar-refractivity contribution is 7.71. The molecular weight excluding hydrogens is 242 g/mol. The van der Waals surface area contributed by atoms with Crippen LogP contribution < -0.4 is 0 Å². The molecule has 1 aromatic heterocycles. The zero-order chi connectivity index (χ0) is 12.0.